The quantitative estimate of drug-likeness (QED) is 0.482. The van der Waals surface area contributed by atoms with Crippen molar-refractivity contribution in [2.75, 3.05) is 0 Å². The lowest BCUT2D eigenvalue weighted by Crippen LogP contribution is -2.09. The number of nitrogens with zero attached hydrogens (tertiary/aromatic N) is 4. The largest absolute Gasteiger partial charge is 0.299 e. The van der Waals surface area contributed by atoms with Gasteiger partial charge in [0.25, 0.3) is 0 Å². The van der Waals surface area contributed by atoms with Gasteiger partial charge in [0.05, 0.1) is 23.1 Å². The second kappa shape index (κ2) is 7.95. The van der Waals surface area contributed by atoms with E-state index in [0.717, 1.165) is 33.7 Å². The number of hydrogen-bond acceptors (Lipinski definition) is 4. The van der Waals surface area contributed by atoms with E-state index >= 15 is 0 Å². The van der Waals surface area contributed by atoms with Crippen LogP contribution in [0.15, 0.2) is 60.9 Å². The molecule has 0 aliphatic heterocycles. The fourth-order valence-corrected chi connectivity index (χ4v) is 3.77. The molecule has 146 valence electrons. The molecule has 0 amide bonds. The molecule has 4 rings (SSSR count). The zero-order valence-corrected chi connectivity index (χ0v) is 17.0. The number of rotatable bonds is 6. The second-order valence-corrected chi connectivity index (χ2v) is 7.58. The molecule has 0 spiro atoms. The summed E-state index contributed by atoms with van der Waals surface area (Å²) in [6.45, 7) is 6.02. The number of aryl methyl sites for hydroxylation is 2. The zero-order valence-electron chi connectivity index (χ0n) is 17.0. The molecule has 0 unspecified atom stereocenters. The molecular weight excluding hydrogens is 360 g/mol. The molecule has 5 nitrogen and oxygen atoms in total. The number of Topliss-reactive ketones (excluding diaryl/α,β-unsaturated/α-hetero) is 1. The van der Waals surface area contributed by atoms with Crippen LogP contribution in [0.3, 0.4) is 0 Å². The molecule has 0 N–H and O–H groups in total. The van der Waals surface area contributed by atoms with Crippen molar-refractivity contribution in [3.05, 3.63) is 83.6 Å². The van der Waals surface area contributed by atoms with Crippen LogP contribution >= 0.6 is 0 Å². The predicted octanol–water partition coefficient (Wildman–Crippen LogP) is 4.74. The zero-order chi connectivity index (χ0) is 20.4. The average Bonchev–Trinajstić information content (AvgIpc) is 3.13. The van der Waals surface area contributed by atoms with Crippen LogP contribution in [0.5, 0.6) is 0 Å². The Hall–Kier alpha value is -3.34. The lowest BCUT2D eigenvalue weighted by Gasteiger charge is -2.11. The van der Waals surface area contributed by atoms with E-state index in [1.54, 1.807) is 6.20 Å². The number of fused-ring (bicyclic) bond motifs is 1. The molecule has 1 aromatic carbocycles. The molecule has 1 atom stereocenters. The monoisotopic (exact) mass is 384 g/mol. The van der Waals surface area contributed by atoms with Gasteiger partial charge in [0, 0.05) is 35.8 Å². The van der Waals surface area contributed by atoms with E-state index < -0.39 is 0 Å². The maximum absolute atomic E-state index is 12.6. The fourth-order valence-electron chi connectivity index (χ4n) is 3.77. The van der Waals surface area contributed by atoms with Crippen LogP contribution in [0.4, 0.5) is 0 Å². The Balaban J connectivity index is 1.56. The van der Waals surface area contributed by atoms with Crippen molar-refractivity contribution in [1.29, 1.82) is 0 Å². The fraction of sp³-hybridized carbons (Fsp3) is 0.250. The highest BCUT2D eigenvalue weighted by molar-refractivity contribution is 5.85. The normalized spacial score (nSPS) is 12.2. The Morgan fingerprint density at radius 2 is 1.90 bits per heavy atom. The summed E-state index contributed by atoms with van der Waals surface area (Å²) in [6, 6.07) is 16.1. The Morgan fingerprint density at radius 1 is 1.10 bits per heavy atom. The third-order valence-electron chi connectivity index (χ3n) is 5.18. The summed E-state index contributed by atoms with van der Waals surface area (Å²) in [5.41, 5.74) is 5.71. The third kappa shape index (κ3) is 4.09. The Labute approximate surface area is 170 Å². The first-order valence-electron chi connectivity index (χ1n) is 9.85. The van der Waals surface area contributed by atoms with Gasteiger partial charge in [-0.15, -0.1) is 0 Å². The molecule has 0 radical (unpaired) electrons. The smallest absolute Gasteiger partial charge is 0.139 e. The molecule has 29 heavy (non-hydrogen) atoms. The van der Waals surface area contributed by atoms with Gasteiger partial charge in [0.1, 0.15) is 5.78 Å². The van der Waals surface area contributed by atoms with Crippen LogP contribution in [-0.4, -0.2) is 25.5 Å². The van der Waals surface area contributed by atoms with Crippen LogP contribution in [0, 0.1) is 13.8 Å². The molecule has 0 fully saturated rings. The molecule has 0 saturated heterocycles. The number of aromatic nitrogens is 4. The molecule has 3 heterocycles. The molecule has 3 aromatic heterocycles. The first kappa shape index (κ1) is 19.0. The molecule has 0 bridgehead atoms. The summed E-state index contributed by atoms with van der Waals surface area (Å²) in [5.74, 6) is 0.399. The number of ketones is 1. The first-order chi connectivity index (χ1) is 14.0. The van der Waals surface area contributed by atoms with E-state index in [4.69, 9.17) is 4.98 Å². The summed E-state index contributed by atoms with van der Waals surface area (Å²) < 4.78 is 1.88. The summed E-state index contributed by atoms with van der Waals surface area (Å²) in [4.78, 5) is 21.6. The lowest BCUT2D eigenvalue weighted by atomic mass is 9.94. The molecule has 4 aromatic rings. The van der Waals surface area contributed by atoms with Crippen molar-refractivity contribution in [2.45, 2.75) is 39.5 Å². The standard InChI is InChI=1S/C24H24N4O/c1-16(19-7-5-4-6-8-19)11-23(29)14-21-13-20-15-26-28(24(20)18(3)27-21)22-9-10-25-17(2)12-22/h4-10,12-13,15-16H,11,14H2,1-3H3/t16-/m0/s1. The number of hydrogen-bond donors (Lipinski definition) is 0. The van der Waals surface area contributed by atoms with E-state index in [1.165, 1.54) is 5.56 Å². The van der Waals surface area contributed by atoms with Crippen molar-refractivity contribution < 1.29 is 4.79 Å². The summed E-state index contributed by atoms with van der Waals surface area (Å²) in [7, 11) is 0. The van der Waals surface area contributed by atoms with Crippen molar-refractivity contribution in [2.24, 2.45) is 0 Å². The van der Waals surface area contributed by atoms with Crippen LogP contribution < -0.4 is 0 Å². The van der Waals surface area contributed by atoms with Gasteiger partial charge in [-0.1, -0.05) is 37.3 Å². The maximum Gasteiger partial charge on any atom is 0.139 e. The van der Waals surface area contributed by atoms with Gasteiger partial charge in [-0.3, -0.25) is 14.8 Å². The summed E-state index contributed by atoms with van der Waals surface area (Å²) in [5, 5.41) is 5.53. The highest BCUT2D eigenvalue weighted by Gasteiger charge is 2.15. The molecular formula is C24H24N4O. The van der Waals surface area contributed by atoms with Gasteiger partial charge in [-0.2, -0.15) is 5.10 Å². The highest BCUT2D eigenvalue weighted by atomic mass is 16.1. The van der Waals surface area contributed by atoms with Gasteiger partial charge in [-0.05, 0) is 43.5 Å². The number of benzene rings is 1. The summed E-state index contributed by atoms with van der Waals surface area (Å²) in [6.07, 6.45) is 4.47. The van der Waals surface area contributed by atoms with E-state index in [0.29, 0.717) is 12.8 Å². The average molecular weight is 384 g/mol. The van der Waals surface area contributed by atoms with Gasteiger partial charge < -0.3 is 0 Å². The SMILES string of the molecule is Cc1cc(-n2ncc3cc(CC(=O)C[C@H](C)c4ccccc4)nc(C)c32)ccn1. The topological polar surface area (TPSA) is 60.7 Å². The predicted molar refractivity (Wildman–Crippen MR) is 114 cm³/mol. The third-order valence-corrected chi connectivity index (χ3v) is 5.18. The number of carbonyl (C=O) groups excluding carboxylic acids is 1. The first-order valence-corrected chi connectivity index (χ1v) is 9.85. The summed E-state index contributed by atoms with van der Waals surface area (Å²) >= 11 is 0. The van der Waals surface area contributed by atoms with Crippen molar-refractivity contribution in [1.82, 2.24) is 19.7 Å². The Bertz CT molecular complexity index is 1160. The van der Waals surface area contributed by atoms with Crippen LogP contribution in [0.25, 0.3) is 16.6 Å². The van der Waals surface area contributed by atoms with Gasteiger partial charge in [0.15, 0.2) is 0 Å². The van der Waals surface area contributed by atoms with Gasteiger partial charge in [-0.25, -0.2) is 4.68 Å². The molecule has 0 saturated carbocycles. The minimum atomic E-state index is 0.199. The van der Waals surface area contributed by atoms with E-state index in [2.05, 4.69) is 29.1 Å². The van der Waals surface area contributed by atoms with Gasteiger partial charge in [0.2, 0.25) is 0 Å². The van der Waals surface area contributed by atoms with Crippen LogP contribution in [0.1, 0.15) is 41.9 Å². The second-order valence-electron chi connectivity index (χ2n) is 7.58. The molecule has 5 heteroatoms. The van der Waals surface area contributed by atoms with Crippen molar-refractivity contribution in [3.63, 3.8) is 0 Å². The molecule has 0 aliphatic carbocycles. The highest BCUT2D eigenvalue weighted by Crippen LogP contribution is 2.23. The van der Waals surface area contributed by atoms with Crippen molar-refractivity contribution in [3.8, 4) is 5.69 Å². The molecule has 0 aliphatic rings. The maximum atomic E-state index is 12.6. The van der Waals surface area contributed by atoms with E-state index in [-0.39, 0.29) is 11.7 Å². The Kier molecular flexibility index (Phi) is 5.21. The van der Waals surface area contributed by atoms with Crippen LogP contribution in [-0.2, 0) is 11.2 Å². The Morgan fingerprint density at radius 3 is 2.66 bits per heavy atom. The van der Waals surface area contributed by atoms with Crippen LogP contribution in [0.2, 0.25) is 0 Å². The number of carbonyl (C=O) groups is 1. The minimum Gasteiger partial charge on any atom is -0.299 e. The van der Waals surface area contributed by atoms with Gasteiger partial charge >= 0.3 is 0 Å². The van der Waals surface area contributed by atoms with Crippen molar-refractivity contribution >= 4 is 16.7 Å². The number of pyridine rings is 2. The van der Waals surface area contributed by atoms with E-state index in [9.17, 15) is 4.79 Å². The minimum absolute atomic E-state index is 0.199. The lowest BCUT2D eigenvalue weighted by molar-refractivity contribution is -0.118. The van der Waals surface area contributed by atoms with E-state index in [1.807, 2.05) is 61.1 Å².